The van der Waals surface area contributed by atoms with E-state index in [-0.39, 0.29) is 5.69 Å². The van der Waals surface area contributed by atoms with Crippen LogP contribution >= 0.6 is 0 Å². The molecule has 0 unspecified atom stereocenters. The highest BCUT2D eigenvalue weighted by Gasteiger charge is 2.43. The van der Waals surface area contributed by atoms with Gasteiger partial charge in [0, 0.05) is 30.7 Å². The molecule has 0 amide bonds. The van der Waals surface area contributed by atoms with Crippen LogP contribution in [0.2, 0.25) is 0 Å². The lowest BCUT2D eigenvalue weighted by atomic mass is 10.1. The summed E-state index contributed by atoms with van der Waals surface area (Å²) >= 11 is 0. The molecule has 0 aliphatic carbocycles. The Balaban J connectivity index is 1.90. The molecule has 0 bridgehead atoms. The summed E-state index contributed by atoms with van der Waals surface area (Å²) < 4.78 is 0. The third kappa shape index (κ3) is 2.00. The Hall–Kier alpha value is -2.15. The highest BCUT2D eigenvalue weighted by Crippen LogP contribution is 2.31. The number of nitrogens with one attached hydrogen (secondary N) is 1. The van der Waals surface area contributed by atoms with Crippen molar-refractivity contribution in [1.82, 2.24) is 10.3 Å². The first-order chi connectivity index (χ1) is 9.61. The first-order valence-electron chi connectivity index (χ1n) is 6.70. The SMILES string of the molecule is O=[N+]([O-])c1ccc([C@]2(O)NN=C3CCCCCN32)cc1. The van der Waals surface area contributed by atoms with Crippen molar-refractivity contribution in [1.29, 1.82) is 0 Å². The molecule has 2 aliphatic heterocycles. The number of non-ortho nitro benzene ring substituents is 1. The molecule has 1 aromatic carbocycles. The zero-order valence-electron chi connectivity index (χ0n) is 11.0. The van der Waals surface area contributed by atoms with E-state index in [2.05, 4.69) is 10.5 Å². The zero-order chi connectivity index (χ0) is 14.2. The number of amidine groups is 1. The molecule has 0 saturated carbocycles. The van der Waals surface area contributed by atoms with Gasteiger partial charge < -0.3 is 10.0 Å². The van der Waals surface area contributed by atoms with Crippen molar-refractivity contribution in [2.75, 3.05) is 6.54 Å². The van der Waals surface area contributed by atoms with Crippen LogP contribution < -0.4 is 5.43 Å². The van der Waals surface area contributed by atoms with Gasteiger partial charge >= 0.3 is 0 Å². The normalized spacial score (nSPS) is 25.4. The van der Waals surface area contributed by atoms with Crippen molar-refractivity contribution in [3.63, 3.8) is 0 Å². The van der Waals surface area contributed by atoms with Crippen molar-refractivity contribution < 1.29 is 10.0 Å². The number of hydrazone groups is 1. The summed E-state index contributed by atoms with van der Waals surface area (Å²) in [5.41, 5.74) is 3.33. The number of hydrogen-bond donors (Lipinski definition) is 2. The minimum atomic E-state index is -1.39. The summed E-state index contributed by atoms with van der Waals surface area (Å²) in [7, 11) is 0. The first kappa shape index (κ1) is 12.9. The average Bonchev–Trinajstić information content (AvgIpc) is 2.65. The molecule has 2 N–H and O–H groups in total. The molecule has 2 heterocycles. The molecule has 2 aliphatic rings. The molecule has 7 nitrogen and oxygen atoms in total. The Kier molecular flexibility index (Phi) is 3.06. The summed E-state index contributed by atoms with van der Waals surface area (Å²) in [6, 6.07) is 5.92. The van der Waals surface area contributed by atoms with Gasteiger partial charge in [-0.1, -0.05) is 6.42 Å². The topological polar surface area (TPSA) is 91.0 Å². The lowest BCUT2D eigenvalue weighted by Gasteiger charge is -2.34. The minimum absolute atomic E-state index is 0.00681. The summed E-state index contributed by atoms with van der Waals surface area (Å²) in [5, 5.41) is 25.7. The van der Waals surface area contributed by atoms with E-state index >= 15 is 0 Å². The summed E-state index contributed by atoms with van der Waals surface area (Å²) in [6.07, 6.45) is 4.01. The van der Waals surface area contributed by atoms with Crippen molar-refractivity contribution >= 4 is 11.5 Å². The highest BCUT2D eigenvalue weighted by atomic mass is 16.6. The average molecular weight is 276 g/mol. The summed E-state index contributed by atoms with van der Waals surface area (Å²) in [5.74, 6) is -0.544. The Morgan fingerprint density at radius 2 is 2.05 bits per heavy atom. The van der Waals surface area contributed by atoms with Crippen LogP contribution in [-0.2, 0) is 5.85 Å². The van der Waals surface area contributed by atoms with Crippen molar-refractivity contribution in [3.05, 3.63) is 39.9 Å². The van der Waals surface area contributed by atoms with E-state index in [1.54, 1.807) is 12.1 Å². The van der Waals surface area contributed by atoms with Gasteiger partial charge in [0.2, 0.25) is 0 Å². The van der Waals surface area contributed by atoms with E-state index in [1.807, 2.05) is 4.90 Å². The van der Waals surface area contributed by atoms with Crippen LogP contribution in [0.4, 0.5) is 5.69 Å². The largest absolute Gasteiger partial charge is 0.349 e. The maximum absolute atomic E-state index is 10.8. The van der Waals surface area contributed by atoms with E-state index in [1.165, 1.54) is 12.1 Å². The van der Waals surface area contributed by atoms with Crippen LogP contribution in [0.5, 0.6) is 0 Å². The Labute approximate surface area is 116 Å². The number of nitro groups is 1. The molecule has 7 heteroatoms. The lowest BCUT2D eigenvalue weighted by molar-refractivity contribution is -0.384. The third-order valence-electron chi connectivity index (χ3n) is 3.81. The van der Waals surface area contributed by atoms with Crippen molar-refractivity contribution in [3.8, 4) is 0 Å². The molecular weight excluding hydrogens is 260 g/mol. The third-order valence-corrected chi connectivity index (χ3v) is 3.81. The fourth-order valence-electron chi connectivity index (χ4n) is 2.70. The Morgan fingerprint density at radius 1 is 1.30 bits per heavy atom. The van der Waals surface area contributed by atoms with E-state index < -0.39 is 10.8 Å². The maximum atomic E-state index is 10.8. The number of hydrogen-bond acceptors (Lipinski definition) is 6. The maximum Gasteiger partial charge on any atom is 0.269 e. The zero-order valence-corrected chi connectivity index (χ0v) is 11.0. The van der Waals surface area contributed by atoms with Crippen LogP contribution in [0.1, 0.15) is 31.2 Å². The fourth-order valence-corrected chi connectivity index (χ4v) is 2.70. The Morgan fingerprint density at radius 3 is 2.75 bits per heavy atom. The second-order valence-electron chi connectivity index (χ2n) is 5.08. The number of nitro benzene ring substituents is 1. The monoisotopic (exact) mass is 276 g/mol. The molecule has 20 heavy (non-hydrogen) atoms. The quantitative estimate of drug-likeness (QED) is 0.631. The Bertz CT molecular complexity index is 557. The molecule has 1 fully saturated rings. The molecule has 1 atom stereocenters. The van der Waals surface area contributed by atoms with Crippen LogP contribution in [0.3, 0.4) is 0 Å². The molecular formula is C13H16N4O3. The van der Waals surface area contributed by atoms with E-state index in [4.69, 9.17) is 0 Å². The molecule has 1 saturated heterocycles. The van der Waals surface area contributed by atoms with Crippen molar-refractivity contribution in [2.45, 2.75) is 31.5 Å². The first-order valence-corrected chi connectivity index (χ1v) is 6.70. The highest BCUT2D eigenvalue weighted by molar-refractivity contribution is 5.84. The standard InChI is InChI=1S/C13H16N4O3/c18-13(10-5-7-11(8-6-10)17(19)20)15-14-12-4-2-1-3-9-16(12)13/h5-8,15,18H,1-4,9H2/t13-/m0/s1. The van der Waals surface area contributed by atoms with Gasteiger partial charge in [-0.25, -0.2) is 0 Å². The molecule has 1 aromatic rings. The van der Waals surface area contributed by atoms with Gasteiger partial charge in [-0.2, -0.15) is 5.10 Å². The van der Waals surface area contributed by atoms with Gasteiger partial charge in [0.25, 0.3) is 11.5 Å². The van der Waals surface area contributed by atoms with E-state index in [0.717, 1.165) is 38.1 Å². The number of rotatable bonds is 2. The van der Waals surface area contributed by atoms with Crippen LogP contribution in [0.25, 0.3) is 0 Å². The molecule has 0 spiro atoms. The van der Waals surface area contributed by atoms with Crippen LogP contribution in [0.15, 0.2) is 29.4 Å². The van der Waals surface area contributed by atoms with E-state index in [9.17, 15) is 15.2 Å². The predicted octanol–water partition coefficient (Wildman–Crippen LogP) is 1.49. The molecule has 0 radical (unpaired) electrons. The van der Waals surface area contributed by atoms with Gasteiger partial charge in [-0.3, -0.25) is 15.5 Å². The summed E-state index contributed by atoms with van der Waals surface area (Å²) in [4.78, 5) is 12.1. The molecule has 3 rings (SSSR count). The number of benzene rings is 1. The van der Waals surface area contributed by atoms with Gasteiger partial charge in [0.1, 0.15) is 5.84 Å². The van der Waals surface area contributed by atoms with Crippen molar-refractivity contribution in [2.24, 2.45) is 5.10 Å². The van der Waals surface area contributed by atoms with Gasteiger partial charge in [-0.15, -0.1) is 0 Å². The molecule has 0 aromatic heterocycles. The summed E-state index contributed by atoms with van der Waals surface area (Å²) in [6.45, 7) is 0.722. The predicted molar refractivity (Wildman–Crippen MR) is 72.7 cm³/mol. The number of aliphatic hydroxyl groups is 1. The number of nitrogens with zero attached hydrogens (tertiary/aromatic N) is 3. The second kappa shape index (κ2) is 4.75. The van der Waals surface area contributed by atoms with Gasteiger partial charge in [0.15, 0.2) is 0 Å². The smallest absolute Gasteiger partial charge is 0.269 e. The van der Waals surface area contributed by atoms with Crippen LogP contribution in [-0.4, -0.2) is 27.3 Å². The second-order valence-corrected chi connectivity index (χ2v) is 5.08. The van der Waals surface area contributed by atoms with Crippen LogP contribution in [0, 0.1) is 10.1 Å². The van der Waals surface area contributed by atoms with Gasteiger partial charge in [-0.05, 0) is 25.0 Å². The van der Waals surface area contributed by atoms with Gasteiger partial charge in [0.05, 0.1) is 4.92 Å². The lowest BCUT2D eigenvalue weighted by Crippen LogP contribution is -2.51. The minimum Gasteiger partial charge on any atom is -0.349 e. The molecule has 106 valence electrons. The number of fused-ring (bicyclic) bond motifs is 1. The fraction of sp³-hybridized carbons (Fsp3) is 0.462. The van der Waals surface area contributed by atoms with E-state index in [0.29, 0.717) is 5.56 Å².